The molecule has 0 bridgehead atoms. The van der Waals surface area contributed by atoms with Crippen molar-refractivity contribution >= 4 is 5.91 Å². The van der Waals surface area contributed by atoms with E-state index in [1.807, 2.05) is 36.9 Å². The van der Waals surface area contributed by atoms with Crippen molar-refractivity contribution in [3.63, 3.8) is 0 Å². The van der Waals surface area contributed by atoms with E-state index in [2.05, 4.69) is 0 Å². The van der Waals surface area contributed by atoms with Gasteiger partial charge in [0.15, 0.2) is 0 Å². The highest BCUT2D eigenvalue weighted by Gasteiger charge is 2.31. The molecule has 1 aromatic rings. The average Bonchev–Trinajstić information content (AvgIpc) is 2.95. The van der Waals surface area contributed by atoms with Gasteiger partial charge >= 0.3 is 0 Å². The van der Waals surface area contributed by atoms with Crippen molar-refractivity contribution < 1.29 is 14.3 Å². The van der Waals surface area contributed by atoms with E-state index < -0.39 is 0 Å². The molecule has 0 saturated carbocycles. The zero-order valence-electron chi connectivity index (χ0n) is 13.2. The SMILES string of the molecule is COc1ccc(C2CCCN2C(=O)C=C(C)C)c(OC)c1. The topological polar surface area (TPSA) is 38.8 Å². The summed E-state index contributed by atoms with van der Waals surface area (Å²) in [6, 6.07) is 5.86. The van der Waals surface area contributed by atoms with Gasteiger partial charge < -0.3 is 14.4 Å². The number of carbonyl (C=O) groups is 1. The summed E-state index contributed by atoms with van der Waals surface area (Å²) < 4.78 is 10.7. The Kier molecular flexibility index (Phi) is 4.89. The normalized spacial score (nSPS) is 17.5. The van der Waals surface area contributed by atoms with Gasteiger partial charge in [-0.2, -0.15) is 0 Å². The van der Waals surface area contributed by atoms with Gasteiger partial charge in [0, 0.05) is 24.3 Å². The molecule has 2 rings (SSSR count). The Balaban J connectivity index is 2.32. The maximum Gasteiger partial charge on any atom is 0.247 e. The lowest BCUT2D eigenvalue weighted by Crippen LogP contribution is -2.29. The molecular weight excluding hydrogens is 266 g/mol. The minimum Gasteiger partial charge on any atom is -0.497 e. The molecule has 1 fully saturated rings. The molecule has 1 saturated heterocycles. The lowest BCUT2D eigenvalue weighted by atomic mass is 10.0. The van der Waals surface area contributed by atoms with Crippen molar-refractivity contribution in [2.24, 2.45) is 0 Å². The molecule has 4 heteroatoms. The van der Waals surface area contributed by atoms with Gasteiger partial charge in [-0.1, -0.05) is 5.57 Å². The number of hydrogen-bond acceptors (Lipinski definition) is 3. The van der Waals surface area contributed by atoms with Gasteiger partial charge in [-0.25, -0.2) is 0 Å². The van der Waals surface area contributed by atoms with Crippen molar-refractivity contribution in [2.45, 2.75) is 32.7 Å². The number of nitrogens with zero attached hydrogens (tertiary/aromatic N) is 1. The summed E-state index contributed by atoms with van der Waals surface area (Å²) >= 11 is 0. The summed E-state index contributed by atoms with van der Waals surface area (Å²) in [5, 5.41) is 0. The molecule has 1 amide bonds. The second kappa shape index (κ2) is 6.66. The molecule has 1 atom stereocenters. The lowest BCUT2D eigenvalue weighted by Gasteiger charge is -2.25. The molecule has 0 aromatic heterocycles. The smallest absolute Gasteiger partial charge is 0.247 e. The Bertz CT molecular complexity index is 547. The maximum absolute atomic E-state index is 12.3. The third-order valence-corrected chi connectivity index (χ3v) is 3.75. The van der Waals surface area contributed by atoms with Gasteiger partial charge in [0.25, 0.3) is 0 Å². The molecule has 4 nitrogen and oxygen atoms in total. The predicted octanol–water partition coefficient (Wildman–Crippen LogP) is 3.33. The monoisotopic (exact) mass is 289 g/mol. The van der Waals surface area contributed by atoms with Crippen LogP contribution in [0.2, 0.25) is 0 Å². The highest BCUT2D eigenvalue weighted by molar-refractivity contribution is 5.88. The first kappa shape index (κ1) is 15.4. The zero-order valence-corrected chi connectivity index (χ0v) is 13.2. The van der Waals surface area contributed by atoms with E-state index in [-0.39, 0.29) is 11.9 Å². The highest BCUT2D eigenvalue weighted by Crippen LogP contribution is 2.38. The number of ether oxygens (including phenoxy) is 2. The van der Waals surface area contributed by atoms with E-state index >= 15 is 0 Å². The number of benzene rings is 1. The van der Waals surface area contributed by atoms with Crippen molar-refractivity contribution in [1.82, 2.24) is 4.90 Å². The van der Waals surface area contributed by atoms with Gasteiger partial charge in [0.1, 0.15) is 11.5 Å². The number of methoxy groups -OCH3 is 2. The summed E-state index contributed by atoms with van der Waals surface area (Å²) in [7, 11) is 3.28. The fraction of sp³-hybridized carbons (Fsp3) is 0.471. The van der Waals surface area contributed by atoms with Crippen LogP contribution in [0.15, 0.2) is 29.8 Å². The molecule has 1 unspecified atom stereocenters. The van der Waals surface area contributed by atoms with Crippen molar-refractivity contribution in [3.8, 4) is 11.5 Å². The highest BCUT2D eigenvalue weighted by atomic mass is 16.5. The Hall–Kier alpha value is -1.97. The van der Waals surface area contributed by atoms with Crippen molar-refractivity contribution in [3.05, 3.63) is 35.4 Å². The van der Waals surface area contributed by atoms with Gasteiger partial charge in [-0.15, -0.1) is 0 Å². The van der Waals surface area contributed by atoms with Crippen LogP contribution in [-0.4, -0.2) is 31.6 Å². The third kappa shape index (κ3) is 3.38. The molecule has 1 aliphatic rings. The van der Waals surface area contributed by atoms with E-state index in [9.17, 15) is 4.79 Å². The average molecular weight is 289 g/mol. The number of likely N-dealkylation sites (tertiary alicyclic amines) is 1. The van der Waals surface area contributed by atoms with Gasteiger partial charge in [0.05, 0.1) is 20.3 Å². The van der Waals surface area contributed by atoms with Crippen LogP contribution in [0.1, 0.15) is 38.3 Å². The molecule has 0 N–H and O–H groups in total. The Labute approximate surface area is 126 Å². The third-order valence-electron chi connectivity index (χ3n) is 3.75. The summed E-state index contributed by atoms with van der Waals surface area (Å²) in [5.41, 5.74) is 2.07. The van der Waals surface area contributed by atoms with Crippen LogP contribution in [0.5, 0.6) is 11.5 Å². The van der Waals surface area contributed by atoms with Crippen molar-refractivity contribution in [1.29, 1.82) is 0 Å². The lowest BCUT2D eigenvalue weighted by molar-refractivity contribution is -0.127. The number of hydrogen-bond donors (Lipinski definition) is 0. The van der Waals surface area contributed by atoms with Gasteiger partial charge in [-0.3, -0.25) is 4.79 Å². The molecule has 1 heterocycles. The van der Waals surface area contributed by atoms with E-state index in [1.165, 1.54) is 0 Å². The molecule has 114 valence electrons. The number of rotatable bonds is 4. The fourth-order valence-electron chi connectivity index (χ4n) is 2.78. The van der Waals surface area contributed by atoms with Crippen LogP contribution in [0, 0.1) is 0 Å². The first-order chi connectivity index (χ1) is 10.1. The molecule has 1 aromatic carbocycles. The van der Waals surface area contributed by atoms with Crippen LogP contribution in [0.25, 0.3) is 0 Å². The number of allylic oxidation sites excluding steroid dienone is 1. The Morgan fingerprint density at radius 2 is 2.05 bits per heavy atom. The second-order valence-corrected chi connectivity index (χ2v) is 5.52. The summed E-state index contributed by atoms with van der Waals surface area (Å²) in [4.78, 5) is 14.3. The van der Waals surface area contributed by atoms with E-state index in [1.54, 1.807) is 20.3 Å². The quantitative estimate of drug-likeness (QED) is 0.798. The molecule has 0 radical (unpaired) electrons. The first-order valence-corrected chi connectivity index (χ1v) is 7.24. The molecule has 0 spiro atoms. The number of carbonyl (C=O) groups excluding carboxylic acids is 1. The van der Waals surface area contributed by atoms with Crippen molar-refractivity contribution in [2.75, 3.05) is 20.8 Å². The Morgan fingerprint density at radius 1 is 1.29 bits per heavy atom. The summed E-state index contributed by atoms with van der Waals surface area (Å²) in [6.07, 6.45) is 3.68. The zero-order chi connectivity index (χ0) is 15.4. The van der Waals surface area contributed by atoms with Gasteiger partial charge in [-0.05, 0) is 38.8 Å². The molecule has 0 aliphatic carbocycles. The van der Waals surface area contributed by atoms with Crippen LogP contribution >= 0.6 is 0 Å². The van der Waals surface area contributed by atoms with Gasteiger partial charge in [0.2, 0.25) is 5.91 Å². The maximum atomic E-state index is 12.3. The van der Waals surface area contributed by atoms with Crippen LogP contribution in [0.4, 0.5) is 0 Å². The van der Waals surface area contributed by atoms with E-state index in [0.29, 0.717) is 0 Å². The summed E-state index contributed by atoms with van der Waals surface area (Å²) in [6.45, 7) is 4.68. The van der Waals surface area contributed by atoms with E-state index in [4.69, 9.17) is 9.47 Å². The fourth-order valence-corrected chi connectivity index (χ4v) is 2.78. The van der Waals surface area contributed by atoms with E-state index in [0.717, 1.165) is 42.0 Å². The summed E-state index contributed by atoms with van der Waals surface area (Å²) in [5.74, 6) is 1.61. The Morgan fingerprint density at radius 3 is 2.67 bits per heavy atom. The first-order valence-electron chi connectivity index (χ1n) is 7.24. The molecule has 1 aliphatic heterocycles. The van der Waals surface area contributed by atoms with Crippen LogP contribution in [0.3, 0.4) is 0 Å². The molecular formula is C17H23NO3. The largest absolute Gasteiger partial charge is 0.497 e. The van der Waals surface area contributed by atoms with Crippen LogP contribution in [-0.2, 0) is 4.79 Å². The minimum atomic E-state index is 0.0777. The second-order valence-electron chi connectivity index (χ2n) is 5.52. The predicted molar refractivity (Wildman–Crippen MR) is 82.7 cm³/mol. The molecule has 21 heavy (non-hydrogen) atoms. The minimum absolute atomic E-state index is 0.0777. The van der Waals surface area contributed by atoms with Crippen LogP contribution < -0.4 is 9.47 Å². The standard InChI is InChI=1S/C17H23NO3/c1-12(2)10-17(19)18-9-5-6-15(18)14-8-7-13(20-3)11-16(14)21-4/h7-8,10-11,15H,5-6,9H2,1-4H3. The number of amides is 1.